The SMILES string of the molecule is CN=C(NCc1cnc(N(C)C)n1C)N1CCC(CN2CCCC2)C1. The van der Waals surface area contributed by atoms with Gasteiger partial charge in [0.05, 0.1) is 18.4 Å². The fourth-order valence-electron chi connectivity index (χ4n) is 4.02. The summed E-state index contributed by atoms with van der Waals surface area (Å²) in [5, 5.41) is 3.52. The molecule has 2 saturated heterocycles. The summed E-state index contributed by atoms with van der Waals surface area (Å²) in [4.78, 5) is 16.0. The molecule has 0 aliphatic carbocycles. The average molecular weight is 348 g/mol. The smallest absolute Gasteiger partial charge is 0.204 e. The topological polar surface area (TPSA) is 51.9 Å². The quantitative estimate of drug-likeness (QED) is 0.636. The molecule has 0 saturated carbocycles. The molecule has 0 amide bonds. The lowest BCUT2D eigenvalue weighted by Crippen LogP contribution is -2.40. The molecule has 0 spiro atoms. The van der Waals surface area contributed by atoms with Crippen LogP contribution < -0.4 is 10.2 Å². The zero-order valence-electron chi connectivity index (χ0n) is 16.2. The first-order valence-electron chi connectivity index (χ1n) is 9.44. The summed E-state index contributed by atoms with van der Waals surface area (Å²) >= 11 is 0. The van der Waals surface area contributed by atoms with Crippen LogP contribution in [0.25, 0.3) is 0 Å². The third-order valence-electron chi connectivity index (χ3n) is 5.40. The number of hydrogen-bond donors (Lipinski definition) is 1. The van der Waals surface area contributed by atoms with Crippen molar-refractivity contribution in [2.75, 3.05) is 58.8 Å². The van der Waals surface area contributed by atoms with Crippen LogP contribution in [0, 0.1) is 5.92 Å². The first-order chi connectivity index (χ1) is 12.1. The van der Waals surface area contributed by atoms with Crippen LogP contribution in [0.1, 0.15) is 25.0 Å². The number of rotatable bonds is 5. The monoisotopic (exact) mass is 347 g/mol. The molecule has 3 heterocycles. The Bertz CT molecular complexity index is 586. The van der Waals surface area contributed by atoms with Gasteiger partial charge in [-0.05, 0) is 38.3 Å². The Morgan fingerprint density at radius 1 is 1.32 bits per heavy atom. The van der Waals surface area contributed by atoms with Crippen molar-refractivity contribution >= 4 is 11.9 Å². The van der Waals surface area contributed by atoms with E-state index >= 15 is 0 Å². The summed E-state index contributed by atoms with van der Waals surface area (Å²) in [6.45, 7) is 6.80. The highest BCUT2D eigenvalue weighted by molar-refractivity contribution is 5.80. The highest BCUT2D eigenvalue weighted by Crippen LogP contribution is 2.20. The van der Waals surface area contributed by atoms with E-state index in [1.54, 1.807) is 0 Å². The molecule has 0 aromatic carbocycles. The average Bonchev–Trinajstić information content (AvgIpc) is 3.31. The Balaban J connectivity index is 1.51. The summed E-state index contributed by atoms with van der Waals surface area (Å²) in [7, 11) is 7.97. The molecule has 1 aromatic heterocycles. The standard InChI is InChI=1S/C18H33N7/c1-19-17(20-11-16-12-21-18(22(2)3)23(16)4)25-10-7-15(14-25)13-24-8-5-6-9-24/h12,15H,5-11,13-14H2,1-4H3,(H,19,20). The molecule has 3 rings (SSSR count). The minimum atomic E-state index is 0.747. The van der Waals surface area contributed by atoms with Gasteiger partial charge in [-0.3, -0.25) is 4.99 Å². The van der Waals surface area contributed by atoms with Crippen molar-refractivity contribution in [1.82, 2.24) is 24.7 Å². The van der Waals surface area contributed by atoms with E-state index in [0.29, 0.717) is 0 Å². The van der Waals surface area contributed by atoms with Crippen molar-refractivity contribution in [3.05, 3.63) is 11.9 Å². The second-order valence-corrected chi connectivity index (χ2v) is 7.51. The van der Waals surface area contributed by atoms with Gasteiger partial charge in [-0.25, -0.2) is 4.98 Å². The first-order valence-corrected chi connectivity index (χ1v) is 9.44. The molecule has 2 aliphatic heterocycles. The van der Waals surface area contributed by atoms with Gasteiger partial charge < -0.3 is 24.6 Å². The number of hydrogen-bond acceptors (Lipinski definition) is 4. The minimum Gasteiger partial charge on any atom is -0.351 e. The largest absolute Gasteiger partial charge is 0.351 e. The molecule has 1 N–H and O–H groups in total. The summed E-state index contributed by atoms with van der Waals surface area (Å²) in [6.07, 6.45) is 5.96. The van der Waals surface area contributed by atoms with Gasteiger partial charge in [0.25, 0.3) is 0 Å². The maximum absolute atomic E-state index is 4.50. The molecule has 2 fully saturated rings. The van der Waals surface area contributed by atoms with Crippen LogP contribution in [0.3, 0.4) is 0 Å². The van der Waals surface area contributed by atoms with E-state index in [2.05, 4.69) is 36.7 Å². The van der Waals surface area contributed by atoms with Crippen molar-refractivity contribution in [2.24, 2.45) is 18.0 Å². The van der Waals surface area contributed by atoms with Gasteiger partial charge in [0.1, 0.15) is 0 Å². The number of guanidine groups is 1. The van der Waals surface area contributed by atoms with E-state index in [1.165, 1.54) is 38.9 Å². The van der Waals surface area contributed by atoms with Gasteiger partial charge in [-0.2, -0.15) is 0 Å². The minimum absolute atomic E-state index is 0.747. The maximum atomic E-state index is 4.50. The lowest BCUT2D eigenvalue weighted by Gasteiger charge is -2.23. The van der Waals surface area contributed by atoms with E-state index in [1.807, 2.05) is 32.2 Å². The van der Waals surface area contributed by atoms with Crippen molar-refractivity contribution in [1.29, 1.82) is 0 Å². The fourth-order valence-corrected chi connectivity index (χ4v) is 4.02. The van der Waals surface area contributed by atoms with Gasteiger partial charge >= 0.3 is 0 Å². The van der Waals surface area contributed by atoms with Crippen LogP contribution in [-0.2, 0) is 13.6 Å². The molecule has 2 aliphatic rings. The zero-order valence-corrected chi connectivity index (χ0v) is 16.2. The molecular weight excluding hydrogens is 314 g/mol. The normalized spacial score (nSPS) is 22.0. The van der Waals surface area contributed by atoms with Gasteiger partial charge in [0.15, 0.2) is 5.96 Å². The molecular formula is C18H33N7. The van der Waals surface area contributed by atoms with Crippen LogP contribution in [0.4, 0.5) is 5.95 Å². The highest BCUT2D eigenvalue weighted by Gasteiger charge is 2.27. The molecule has 140 valence electrons. The van der Waals surface area contributed by atoms with Crippen molar-refractivity contribution in [3.8, 4) is 0 Å². The van der Waals surface area contributed by atoms with E-state index in [4.69, 9.17) is 0 Å². The Kier molecular flexibility index (Phi) is 5.83. The third-order valence-corrected chi connectivity index (χ3v) is 5.40. The number of nitrogens with zero attached hydrogens (tertiary/aromatic N) is 6. The van der Waals surface area contributed by atoms with Gasteiger partial charge in [0.2, 0.25) is 5.95 Å². The number of aliphatic imine (C=N–C) groups is 1. The zero-order chi connectivity index (χ0) is 17.8. The van der Waals surface area contributed by atoms with Gasteiger partial charge in [0, 0.05) is 47.8 Å². The van der Waals surface area contributed by atoms with E-state index in [0.717, 1.165) is 43.2 Å². The summed E-state index contributed by atoms with van der Waals surface area (Å²) in [6, 6.07) is 0. The Morgan fingerprint density at radius 2 is 2.08 bits per heavy atom. The molecule has 1 unspecified atom stereocenters. The van der Waals surface area contributed by atoms with Crippen molar-refractivity contribution in [3.63, 3.8) is 0 Å². The maximum Gasteiger partial charge on any atom is 0.204 e. The van der Waals surface area contributed by atoms with Crippen LogP contribution >= 0.6 is 0 Å². The van der Waals surface area contributed by atoms with E-state index in [9.17, 15) is 0 Å². The predicted octanol–water partition coefficient (Wildman–Crippen LogP) is 0.979. The Morgan fingerprint density at radius 3 is 2.72 bits per heavy atom. The molecule has 1 atom stereocenters. The lowest BCUT2D eigenvalue weighted by atomic mass is 10.1. The summed E-state index contributed by atoms with van der Waals surface area (Å²) in [5.41, 5.74) is 1.16. The van der Waals surface area contributed by atoms with Gasteiger partial charge in [-0.1, -0.05) is 0 Å². The van der Waals surface area contributed by atoms with Crippen LogP contribution in [0.5, 0.6) is 0 Å². The molecule has 7 nitrogen and oxygen atoms in total. The number of nitrogens with one attached hydrogen (secondary N) is 1. The second-order valence-electron chi connectivity index (χ2n) is 7.51. The fraction of sp³-hybridized carbons (Fsp3) is 0.778. The predicted molar refractivity (Wildman–Crippen MR) is 103 cm³/mol. The van der Waals surface area contributed by atoms with Crippen LogP contribution in [0.15, 0.2) is 11.2 Å². The lowest BCUT2D eigenvalue weighted by molar-refractivity contribution is 0.281. The summed E-state index contributed by atoms with van der Waals surface area (Å²) in [5.74, 6) is 2.75. The van der Waals surface area contributed by atoms with E-state index in [-0.39, 0.29) is 0 Å². The Hall–Kier alpha value is -1.76. The number of imidazole rings is 1. The number of likely N-dealkylation sites (tertiary alicyclic amines) is 2. The molecule has 0 bridgehead atoms. The van der Waals surface area contributed by atoms with Crippen molar-refractivity contribution in [2.45, 2.75) is 25.8 Å². The number of anilines is 1. The number of aromatic nitrogens is 2. The first kappa shape index (κ1) is 18.0. The molecule has 0 radical (unpaired) electrons. The molecule has 1 aromatic rings. The summed E-state index contributed by atoms with van der Waals surface area (Å²) < 4.78 is 2.13. The highest BCUT2D eigenvalue weighted by atomic mass is 15.3. The Labute approximate surface area is 151 Å². The molecule has 7 heteroatoms. The van der Waals surface area contributed by atoms with Crippen molar-refractivity contribution < 1.29 is 0 Å². The second kappa shape index (κ2) is 8.08. The van der Waals surface area contributed by atoms with E-state index < -0.39 is 0 Å². The van der Waals surface area contributed by atoms with Crippen LogP contribution in [0.2, 0.25) is 0 Å². The molecule has 25 heavy (non-hydrogen) atoms. The van der Waals surface area contributed by atoms with Gasteiger partial charge in [-0.15, -0.1) is 0 Å². The third kappa shape index (κ3) is 4.26. The van der Waals surface area contributed by atoms with Crippen LogP contribution in [-0.4, -0.2) is 79.2 Å².